The Balaban J connectivity index is 1.61. The largest absolute Gasteiger partial charge is 0.299 e. The van der Waals surface area contributed by atoms with E-state index < -0.39 is 0 Å². The van der Waals surface area contributed by atoms with Crippen LogP contribution in [0.15, 0.2) is 54.6 Å². The van der Waals surface area contributed by atoms with Crippen molar-refractivity contribution < 1.29 is 0 Å². The molecule has 1 saturated heterocycles. The monoisotopic (exact) mass is 334 g/mol. The summed E-state index contributed by atoms with van der Waals surface area (Å²) in [6, 6.07) is 16.8. The lowest BCUT2D eigenvalue weighted by atomic mass is 9.79. The van der Waals surface area contributed by atoms with Gasteiger partial charge >= 0.3 is 0 Å². The fraction of sp³-hybridized carbons (Fsp3) is 0.333. The minimum absolute atomic E-state index is 0.362. The summed E-state index contributed by atoms with van der Waals surface area (Å²) in [4.78, 5) is 0. The summed E-state index contributed by atoms with van der Waals surface area (Å²) >= 11 is 1.91. The molecule has 4 unspecified atom stereocenters. The van der Waals surface area contributed by atoms with Crippen LogP contribution in [0.4, 0.5) is 0 Å². The Morgan fingerprint density at radius 3 is 2.83 bits per heavy atom. The van der Waals surface area contributed by atoms with Crippen LogP contribution in [0.25, 0.3) is 20.2 Å². The molecule has 2 N–H and O–H groups in total. The van der Waals surface area contributed by atoms with Crippen molar-refractivity contribution in [2.75, 3.05) is 0 Å². The van der Waals surface area contributed by atoms with Crippen LogP contribution in [0.2, 0.25) is 0 Å². The van der Waals surface area contributed by atoms with Gasteiger partial charge in [-0.1, -0.05) is 42.5 Å². The van der Waals surface area contributed by atoms with Gasteiger partial charge in [-0.15, -0.1) is 11.3 Å². The van der Waals surface area contributed by atoms with E-state index in [0.29, 0.717) is 24.2 Å². The maximum absolute atomic E-state index is 3.77. The highest BCUT2D eigenvalue weighted by molar-refractivity contribution is 7.25. The highest BCUT2D eigenvalue weighted by atomic mass is 32.1. The van der Waals surface area contributed by atoms with Crippen LogP contribution in [-0.2, 0) is 0 Å². The first-order chi connectivity index (χ1) is 11.8. The molecule has 1 aromatic heterocycles. The zero-order valence-electron chi connectivity index (χ0n) is 13.8. The summed E-state index contributed by atoms with van der Waals surface area (Å²) in [6.07, 6.45) is 7.57. The van der Waals surface area contributed by atoms with Crippen LogP contribution in [0.1, 0.15) is 31.4 Å². The van der Waals surface area contributed by atoms with E-state index in [1.165, 1.54) is 38.6 Å². The third kappa shape index (κ3) is 2.31. The highest BCUT2D eigenvalue weighted by Gasteiger charge is 2.35. The van der Waals surface area contributed by atoms with Crippen molar-refractivity contribution >= 4 is 31.5 Å². The summed E-state index contributed by atoms with van der Waals surface area (Å²) < 4.78 is 2.78. The van der Waals surface area contributed by atoms with Crippen molar-refractivity contribution in [3.05, 3.63) is 60.2 Å². The van der Waals surface area contributed by atoms with E-state index in [4.69, 9.17) is 0 Å². The average Bonchev–Trinajstić information content (AvgIpc) is 2.98. The third-order valence-electron chi connectivity index (χ3n) is 5.51. The molecular weight excluding hydrogens is 312 g/mol. The second-order valence-electron chi connectivity index (χ2n) is 7.08. The molecule has 0 radical (unpaired) electrons. The summed E-state index contributed by atoms with van der Waals surface area (Å²) in [7, 11) is 0. The lowest BCUT2D eigenvalue weighted by Crippen LogP contribution is -2.58. The number of allylic oxidation sites excluding steroid dienone is 1. The zero-order chi connectivity index (χ0) is 16.1. The Bertz CT molecular complexity index is 926. The van der Waals surface area contributed by atoms with Crippen LogP contribution < -0.4 is 10.6 Å². The Morgan fingerprint density at radius 2 is 1.88 bits per heavy atom. The number of hydrogen-bond acceptors (Lipinski definition) is 3. The SMILES string of the molecule is CC1NC2CCC=CC2C(c2ccc3c(c2)sc2ccccc23)N1. The molecule has 2 aromatic carbocycles. The summed E-state index contributed by atoms with van der Waals surface area (Å²) in [5, 5.41) is 10.3. The standard InChI is InChI=1S/C21H22N2S/c1-13-22-18-8-4-2-7-17(18)21(23-13)14-10-11-16-15-6-3-5-9-19(15)24-20(16)12-14/h2-3,5-7,9-13,17-18,21-23H,4,8H2,1H3. The lowest BCUT2D eigenvalue weighted by molar-refractivity contribution is 0.189. The van der Waals surface area contributed by atoms with E-state index in [1.807, 2.05) is 11.3 Å². The van der Waals surface area contributed by atoms with Crippen LogP contribution in [0.5, 0.6) is 0 Å². The second-order valence-corrected chi connectivity index (χ2v) is 8.16. The Hall–Kier alpha value is -1.68. The maximum atomic E-state index is 3.77. The van der Waals surface area contributed by atoms with E-state index in [-0.39, 0.29) is 0 Å². The molecule has 1 fully saturated rings. The predicted molar refractivity (Wildman–Crippen MR) is 103 cm³/mol. The maximum Gasteiger partial charge on any atom is 0.0549 e. The van der Waals surface area contributed by atoms with Gasteiger partial charge in [-0.25, -0.2) is 0 Å². The van der Waals surface area contributed by atoms with Gasteiger partial charge in [-0.3, -0.25) is 10.6 Å². The van der Waals surface area contributed by atoms with Gasteiger partial charge in [-0.05, 0) is 37.5 Å². The van der Waals surface area contributed by atoms with E-state index in [0.717, 1.165) is 0 Å². The molecule has 1 aliphatic carbocycles. The molecule has 2 heterocycles. The van der Waals surface area contributed by atoms with Gasteiger partial charge in [0.15, 0.2) is 0 Å². The van der Waals surface area contributed by atoms with Gasteiger partial charge in [0.1, 0.15) is 0 Å². The number of fused-ring (bicyclic) bond motifs is 4. The first-order valence-electron chi connectivity index (χ1n) is 8.89. The summed E-state index contributed by atoms with van der Waals surface area (Å²) in [5.74, 6) is 0.543. The van der Waals surface area contributed by atoms with Crippen molar-refractivity contribution in [3.8, 4) is 0 Å². The van der Waals surface area contributed by atoms with Crippen LogP contribution >= 0.6 is 11.3 Å². The minimum atomic E-state index is 0.362. The molecule has 0 amide bonds. The van der Waals surface area contributed by atoms with Crippen molar-refractivity contribution in [1.82, 2.24) is 10.6 Å². The molecule has 24 heavy (non-hydrogen) atoms. The molecule has 0 spiro atoms. The van der Waals surface area contributed by atoms with Crippen LogP contribution in [0, 0.1) is 5.92 Å². The average molecular weight is 334 g/mol. The van der Waals surface area contributed by atoms with Gasteiger partial charge in [0.05, 0.1) is 6.17 Å². The zero-order valence-corrected chi connectivity index (χ0v) is 14.6. The van der Waals surface area contributed by atoms with E-state index in [1.54, 1.807) is 0 Å². The van der Waals surface area contributed by atoms with Gasteiger partial charge in [-0.2, -0.15) is 0 Å². The van der Waals surface area contributed by atoms with E-state index >= 15 is 0 Å². The fourth-order valence-corrected chi connectivity index (χ4v) is 5.55. The van der Waals surface area contributed by atoms with Crippen molar-refractivity contribution in [2.45, 2.75) is 38.0 Å². The Labute approximate surface area is 146 Å². The predicted octanol–water partition coefficient (Wildman–Crippen LogP) is 4.97. The first-order valence-corrected chi connectivity index (χ1v) is 9.71. The molecule has 4 atom stereocenters. The summed E-state index contributed by atoms with van der Waals surface area (Å²) in [6.45, 7) is 2.24. The van der Waals surface area contributed by atoms with Crippen molar-refractivity contribution in [1.29, 1.82) is 0 Å². The molecular formula is C21H22N2S. The molecule has 2 nitrogen and oxygen atoms in total. The number of thiophene rings is 1. The van der Waals surface area contributed by atoms with E-state index in [9.17, 15) is 0 Å². The number of hydrogen-bond donors (Lipinski definition) is 2. The van der Waals surface area contributed by atoms with Gasteiger partial charge in [0, 0.05) is 38.2 Å². The first kappa shape index (κ1) is 14.6. The molecule has 0 bridgehead atoms. The van der Waals surface area contributed by atoms with Crippen LogP contribution in [0.3, 0.4) is 0 Å². The molecule has 3 heteroatoms. The number of rotatable bonds is 1. The quantitative estimate of drug-likeness (QED) is 0.614. The molecule has 5 rings (SSSR count). The van der Waals surface area contributed by atoms with Crippen molar-refractivity contribution in [3.63, 3.8) is 0 Å². The van der Waals surface area contributed by atoms with Crippen molar-refractivity contribution in [2.24, 2.45) is 5.92 Å². The second kappa shape index (κ2) is 5.69. The van der Waals surface area contributed by atoms with Gasteiger partial charge in [0.2, 0.25) is 0 Å². The Morgan fingerprint density at radius 1 is 1.00 bits per heavy atom. The summed E-state index contributed by atoms with van der Waals surface area (Å²) in [5.41, 5.74) is 1.42. The molecule has 0 saturated carbocycles. The fourth-order valence-electron chi connectivity index (χ4n) is 4.40. The van der Waals surface area contributed by atoms with Crippen LogP contribution in [-0.4, -0.2) is 12.2 Å². The Kier molecular flexibility index (Phi) is 3.47. The molecule has 3 aromatic rings. The normalized spacial score (nSPS) is 29.9. The van der Waals surface area contributed by atoms with Gasteiger partial charge < -0.3 is 0 Å². The molecule has 122 valence electrons. The third-order valence-corrected chi connectivity index (χ3v) is 6.64. The van der Waals surface area contributed by atoms with E-state index in [2.05, 4.69) is 72.2 Å². The highest BCUT2D eigenvalue weighted by Crippen LogP contribution is 2.38. The minimum Gasteiger partial charge on any atom is -0.299 e. The molecule has 1 aliphatic heterocycles. The topological polar surface area (TPSA) is 24.1 Å². The molecule has 2 aliphatic rings. The lowest BCUT2D eigenvalue weighted by Gasteiger charge is -2.43. The number of nitrogens with one attached hydrogen (secondary N) is 2. The van der Waals surface area contributed by atoms with Gasteiger partial charge in [0.25, 0.3) is 0 Å². The number of benzene rings is 2. The smallest absolute Gasteiger partial charge is 0.0549 e.